The molecule has 150 valence electrons. The van der Waals surface area contributed by atoms with E-state index >= 15 is 0 Å². The van der Waals surface area contributed by atoms with Gasteiger partial charge in [0.05, 0.1) is 0 Å². The molecule has 0 radical (unpaired) electrons. The zero-order chi connectivity index (χ0) is 20.3. The molecular weight excluding hydrogens is 551 g/mol. The van der Waals surface area contributed by atoms with Crippen LogP contribution in [0.4, 0.5) is 0 Å². The Morgan fingerprint density at radius 2 is 0.966 bits per heavy atom. The Bertz CT molecular complexity index is 832. The predicted molar refractivity (Wildman–Crippen MR) is 130 cm³/mol. The van der Waals surface area contributed by atoms with E-state index in [4.69, 9.17) is 0 Å². The van der Waals surface area contributed by atoms with Crippen molar-refractivity contribution in [2.24, 2.45) is 0 Å². The number of nitrogens with zero attached hydrogens (tertiary/aromatic N) is 1. The van der Waals surface area contributed by atoms with E-state index in [-0.39, 0.29) is 0 Å². The molecule has 0 bridgehead atoms. The molecule has 29 heavy (non-hydrogen) atoms. The fraction of sp³-hybridized carbons (Fsp3) is 0.200. The molecule has 0 heterocycles. The van der Waals surface area contributed by atoms with E-state index in [0.717, 1.165) is 19.6 Å². The second-order valence-electron chi connectivity index (χ2n) is 6.42. The molecule has 3 aromatic rings. The van der Waals surface area contributed by atoms with Gasteiger partial charge in [0.25, 0.3) is 0 Å². The fourth-order valence-corrected chi connectivity index (χ4v) is 12.0. The summed E-state index contributed by atoms with van der Waals surface area (Å²) in [6.45, 7) is 7.87. The molecule has 0 aliphatic heterocycles. The van der Waals surface area contributed by atoms with Crippen molar-refractivity contribution in [3.05, 3.63) is 98.8 Å². The van der Waals surface area contributed by atoms with Crippen LogP contribution in [0.5, 0.6) is 0 Å². The minimum absolute atomic E-state index is 0.367. The van der Waals surface area contributed by atoms with Gasteiger partial charge in [0.1, 0.15) is 0 Å². The summed E-state index contributed by atoms with van der Waals surface area (Å²) >= 11 is 1.11. The van der Waals surface area contributed by atoms with Crippen LogP contribution >= 0.6 is 0 Å². The van der Waals surface area contributed by atoms with Crippen molar-refractivity contribution in [3.8, 4) is 0 Å². The van der Waals surface area contributed by atoms with Crippen molar-refractivity contribution in [2.75, 3.05) is 19.6 Å². The molecule has 0 saturated heterocycles. The molecule has 3 rings (SSSR count). The number of rotatable bonds is 10. The number of benzene rings is 3. The minimum atomic E-state index is 0.367. The summed E-state index contributed by atoms with van der Waals surface area (Å²) in [4.78, 5) is 2.57. The summed E-state index contributed by atoms with van der Waals surface area (Å²) in [6, 6.07) is 33.2. The zero-order valence-corrected chi connectivity index (χ0v) is 22.1. The first kappa shape index (κ1) is 22.6. The molecule has 4 heteroatoms. The quantitative estimate of drug-likeness (QED) is 0.335. The van der Waals surface area contributed by atoms with Gasteiger partial charge in [0.15, 0.2) is 0 Å². The van der Waals surface area contributed by atoms with Crippen LogP contribution < -0.4 is 13.4 Å². The van der Waals surface area contributed by atoms with Crippen molar-refractivity contribution < 1.29 is 0 Å². The molecule has 0 aliphatic rings. The first-order valence-corrected chi connectivity index (χ1v) is 15.1. The summed E-state index contributed by atoms with van der Waals surface area (Å²) < 4.78 is 7.83. The number of hydrogen-bond acceptors (Lipinski definition) is 1. The van der Waals surface area contributed by atoms with Crippen LogP contribution in [0.15, 0.2) is 98.8 Å². The SMILES string of the molecule is CCN(CC)CC([Se]c1ccccc1)=C([Se]c1ccccc1)[Se]c1ccccc1. The molecule has 0 aliphatic carbocycles. The van der Waals surface area contributed by atoms with E-state index in [9.17, 15) is 0 Å². The molecule has 3 aromatic carbocycles. The van der Waals surface area contributed by atoms with Gasteiger partial charge in [-0.1, -0.05) is 0 Å². The Balaban J connectivity index is 1.99. The molecule has 0 spiro atoms. The molecule has 0 fully saturated rings. The van der Waals surface area contributed by atoms with E-state index in [2.05, 4.69) is 110 Å². The van der Waals surface area contributed by atoms with Crippen LogP contribution in [-0.4, -0.2) is 69.4 Å². The molecule has 0 atom stereocenters. The van der Waals surface area contributed by atoms with Gasteiger partial charge in [-0.2, -0.15) is 0 Å². The maximum absolute atomic E-state index is 2.57. The van der Waals surface area contributed by atoms with Crippen molar-refractivity contribution in [1.29, 1.82) is 0 Å². The van der Waals surface area contributed by atoms with Crippen LogP contribution in [0.3, 0.4) is 0 Å². The summed E-state index contributed by atoms with van der Waals surface area (Å²) in [5.41, 5.74) is 0. The zero-order valence-electron chi connectivity index (χ0n) is 17.0. The molecule has 0 aromatic heterocycles. The third-order valence-corrected chi connectivity index (χ3v) is 13.7. The van der Waals surface area contributed by atoms with Crippen LogP contribution in [0.25, 0.3) is 0 Å². The third kappa shape index (κ3) is 7.59. The maximum atomic E-state index is 2.57. The van der Waals surface area contributed by atoms with E-state index in [1.165, 1.54) is 13.4 Å². The van der Waals surface area contributed by atoms with E-state index in [1.54, 1.807) is 7.84 Å². The van der Waals surface area contributed by atoms with Gasteiger partial charge in [0.2, 0.25) is 0 Å². The molecular formula is C25H27NSe3. The van der Waals surface area contributed by atoms with Gasteiger partial charge < -0.3 is 0 Å². The van der Waals surface area contributed by atoms with E-state index in [0.29, 0.717) is 44.9 Å². The first-order valence-electron chi connectivity index (χ1n) is 9.92. The number of hydrogen-bond donors (Lipinski definition) is 0. The van der Waals surface area contributed by atoms with E-state index in [1.807, 2.05) is 0 Å². The summed E-state index contributed by atoms with van der Waals surface area (Å²) in [5, 5.41) is 0. The van der Waals surface area contributed by atoms with Gasteiger partial charge >= 0.3 is 195 Å². The average Bonchev–Trinajstić information content (AvgIpc) is 2.78. The Morgan fingerprint density at radius 3 is 1.34 bits per heavy atom. The summed E-state index contributed by atoms with van der Waals surface area (Å²) in [7, 11) is 0. The van der Waals surface area contributed by atoms with Crippen LogP contribution in [0.1, 0.15) is 13.8 Å². The molecule has 0 N–H and O–H groups in total. The Hall–Kier alpha value is -1.08. The standard InChI is InChI=1S/C25H27NSe3/c1-3-26(4-2)20-24(27-21-14-8-5-9-15-21)25(28-22-16-10-6-11-17-22)29-23-18-12-7-13-19-23/h5-19H,3-4,20H2,1-2H3. The number of likely N-dealkylation sites (N-methyl/N-ethyl adjacent to an activating group) is 1. The van der Waals surface area contributed by atoms with E-state index < -0.39 is 0 Å². The monoisotopic (exact) mass is 581 g/mol. The topological polar surface area (TPSA) is 3.24 Å². The summed E-state index contributed by atoms with van der Waals surface area (Å²) in [6.07, 6.45) is 0. The molecule has 1 nitrogen and oxygen atoms in total. The van der Waals surface area contributed by atoms with Crippen molar-refractivity contribution in [3.63, 3.8) is 0 Å². The van der Waals surface area contributed by atoms with Crippen LogP contribution in [0, 0.1) is 0 Å². The molecule has 0 saturated carbocycles. The second kappa shape index (κ2) is 12.6. The van der Waals surface area contributed by atoms with Crippen LogP contribution in [-0.2, 0) is 0 Å². The van der Waals surface area contributed by atoms with Gasteiger partial charge in [-0.05, 0) is 0 Å². The van der Waals surface area contributed by atoms with Gasteiger partial charge in [-0.15, -0.1) is 0 Å². The second-order valence-corrected chi connectivity index (χ2v) is 14.7. The van der Waals surface area contributed by atoms with Crippen LogP contribution in [0.2, 0.25) is 0 Å². The summed E-state index contributed by atoms with van der Waals surface area (Å²) in [5.74, 6) is 0. The average molecular weight is 578 g/mol. The normalized spacial score (nSPS) is 10.9. The first-order chi connectivity index (χ1) is 14.3. The molecule has 0 amide bonds. The van der Waals surface area contributed by atoms with Gasteiger partial charge in [0, 0.05) is 0 Å². The van der Waals surface area contributed by atoms with Gasteiger partial charge in [-0.3, -0.25) is 0 Å². The predicted octanol–water partition coefficient (Wildman–Crippen LogP) is 2.59. The van der Waals surface area contributed by atoms with Crippen molar-refractivity contribution in [1.82, 2.24) is 4.90 Å². The third-order valence-electron chi connectivity index (χ3n) is 4.38. The Labute approximate surface area is 194 Å². The molecule has 0 unspecified atom stereocenters. The van der Waals surface area contributed by atoms with Crippen molar-refractivity contribution >= 4 is 58.3 Å². The fourth-order valence-electron chi connectivity index (χ4n) is 2.75. The Kier molecular flexibility index (Phi) is 9.80. The van der Waals surface area contributed by atoms with Gasteiger partial charge in [-0.25, -0.2) is 0 Å². The Morgan fingerprint density at radius 1 is 0.586 bits per heavy atom. The van der Waals surface area contributed by atoms with Crippen molar-refractivity contribution in [2.45, 2.75) is 13.8 Å².